The van der Waals surface area contributed by atoms with Gasteiger partial charge in [0.1, 0.15) is 6.54 Å². The van der Waals surface area contributed by atoms with Gasteiger partial charge in [-0.3, -0.25) is 9.59 Å². The Bertz CT molecular complexity index is 1490. The predicted molar refractivity (Wildman–Crippen MR) is 155 cm³/mol. The quantitative estimate of drug-likeness (QED) is 0.329. The predicted octanol–water partition coefficient (Wildman–Crippen LogP) is 3.91. The van der Waals surface area contributed by atoms with E-state index in [4.69, 9.17) is 9.47 Å². The molecule has 6 rings (SSSR count). The Hall–Kier alpha value is -4.92. The molecule has 0 atom stereocenters. The Morgan fingerprint density at radius 2 is 1.51 bits per heavy atom. The van der Waals surface area contributed by atoms with Crippen LogP contribution in [0.25, 0.3) is 11.3 Å². The summed E-state index contributed by atoms with van der Waals surface area (Å²) < 4.78 is 10.9. The molecular weight excluding hydrogens is 518 g/mol. The third-order valence-electron chi connectivity index (χ3n) is 7.42. The van der Waals surface area contributed by atoms with Crippen molar-refractivity contribution in [3.63, 3.8) is 0 Å². The molecule has 41 heavy (non-hydrogen) atoms. The first kappa shape index (κ1) is 26.3. The lowest BCUT2D eigenvalue weighted by Crippen LogP contribution is -2.52. The van der Waals surface area contributed by atoms with Crippen molar-refractivity contribution < 1.29 is 19.1 Å². The van der Waals surface area contributed by atoms with Gasteiger partial charge in [0.2, 0.25) is 12.7 Å². The van der Waals surface area contributed by atoms with Gasteiger partial charge in [-0.2, -0.15) is 0 Å². The molecule has 0 aliphatic carbocycles. The second-order valence-corrected chi connectivity index (χ2v) is 10.0. The van der Waals surface area contributed by atoms with Crippen LogP contribution < -0.4 is 14.4 Å². The Morgan fingerprint density at radius 1 is 0.780 bits per heavy atom. The Kier molecular flexibility index (Phi) is 7.75. The molecule has 1 fully saturated rings. The maximum Gasteiger partial charge on any atom is 0.254 e. The lowest BCUT2D eigenvalue weighted by atomic mass is 10.1. The second kappa shape index (κ2) is 12.1. The highest BCUT2D eigenvalue weighted by Gasteiger charge is 2.27. The van der Waals surface area contributed by atoms with Crippen LogP contribution >= 0.6 is 0 Å². The smallest absolute Gasteiger partial charge is 0.254 e. The van der Waals surface area contributed by atoms with E-state index >= 15 is 0 Å². The number of piperazine rings is 1. The monoisotopic (exact) mass is 549 g/mol. The summed E-state index contributed by atoms with van der Waals surface area (Å²) in [7, 11) is 0. The maximum atomic E-state index is 13.6. The minimum absolute atomic E-state index is 0.00564. The van der Waals surface area contributed by atoms with Crippen LogP contribution in [0.2, 0.25) is 0 Å². The van der Waals surface area contributed by atoms with Crippen LogP contribution in [0.3, 0.4) is 0 Å². The van der Waals surface area contributed by atoms with E-state index in [1.165, 1.54) is 0 Å². The van der Waals surface area contributed by atoms with Crippen molar-refractivity contribution in [1.82, 2.24) is 20.0 Å². The molecule has 0 bridgehead atoms. The van der Waals surface area contributed by atoms with Crippen molar-refractivity contribution in [3.8, 4) is 22.8 Å². The molecule has 0 spiro atoms. The molecule has 0 N–H and O–H groups in total. The normalized spacial score (nSPS) is 14.1. The zero-order valence-electron chi connectivity index (χ0n) is 22.7. The highest BCUT2D eigenvalue weighted by Crippen LogP contribution is 2.33. The van der Waals surface area contributed by atoms with Crippen molar-refractivity contribution in [2.75, 3.05) is 51.0 Å². The average Bonchev–Trinajstić information content (AvgIpc) is 3.52. The van der Waals surface area contributed by atoms with Crippen LogP contribution in [0, 0.1) is 0 Å². The number of benzene rings is 3. The summed E-state index contributed by atoms with van der Waals surface area (Å²) >= 11 is 0. The summed E-state index contributed by atoms with van der Waals surface area (Å²) in [6.45, 7) is 2.95. The minimum Gasteiger partial charge on any atom is -0.454 e. The molecule has 208 valence electrons. The number of fused-ring (bicyclic) bond motifs is 1. The molecular formula is C32H31N5O4. The summed E-state index contributed by atoms with van der Waals surface area (Å²) in [5.41, 5.74) is 3.42. The number of carbonyl (C=O) groups is 2. The molecule has 0 radical (unpaired) electrons. The molecule has 3 heterocycles. The molecule has 9 heteroatoms. The van der Waals surface area contributed by atoms with Gasteiger partial charge in [-0.1, -0.05) is 60.7 Å². The third kappa shape index (κ3) is 6.14. The Labute approximate surface area is 238 Å². The van der Waals surface area contributed by atoms with Crippen molar-refractivity contribution in [2.45, 2.75) is 6.42 Å². The lowest BCUT2D eigenvalue weighted by Gasteiger charge is -2.36. The molecule has 2 aliphatic rings. The van der Waals surface area contributed by atoms with Gasteiger partial charge >= 0.3 is 0 Å². The summed E-state index contributed by atoms with van der Waals surface area (Å²) in [6.07, 6.45) is 0.649. The Balaban J connectivity index is 1.09. The maximum absolute atomic E-state index is 13.6. The number of carbonyl (C=O) groups excluding carboxylic acids is 2. The van der Waals surface area contributed by atoms with Gasteiger partial charge in [-0.15, -0.1) is 10.2 Å². The van der Waals surface area contributed by atoms with E-state index in [9.17, 15) is 9.59 Å². The summed E-state index contributed by atoms with van der Waals surface area (Å²) in [4.78, 5) is 32.6. The first-order chi connectivity index (χ1) is 20.1. The van der Waals surface area contributed by atoms with Gasteiger partial charge in [0, 0.05) is 43.9 Å². The zero-order valence-corrected chi connectivity index (χ0v) is 22.7. The van der Waals surface area contributed by atoms with E-state index < -0.39 is 0 Å². The Morgan fingerprint density at radius 3 is 2.24 bits per heavy atom. The van der Waals surface area contributed by atoms with E-state index in [1.807, 2.05) is 77.7 Å². The van der Waals surface area contributed by atoms with Crippen LogP contribution in [0.5, 0.6) is 11.5 Å². The average molecular weight is 550 g/mol. The minimum atomic E-state index is -0.208. The van der Waals surface area contributed by atoms with Gasteiger partial charge < -0.3 is 24.2 Å². The van der Waals surface area contributed by atoms with E-state index in [1.54, 1.807) is 23.1 Å². The first-order valence-corrected chi connectivity index (χ1v) is 13.8. The molecule has 3 aromatic carbocycles. The van der Waals surface area contributed by atoms with Crippen molar-refractivity contribution in [1.29, 1.82) is 0 Å². The summed E-state index contributed by atoms with van der Waals surface area (Å²) in [5.74, 6) is 1.67. The van der Waals surface area contributed by atoms with Crippen molar-refractivity contribution in [3.05, 3.63) is 102 Å². The fourth-order valence-corrected chi connectivity index (χ4v) is 5.08. The molecule has 1 aromatic heterocycles. The first-order valence-electron chi connectivity index (χ1n) is 13.8. The van der Waals surface area contributed by atoms with Gasteiger partial charge in [0.05, 0.1) is 5.69 Å². The molecule has 1 saturated heterocycles. The van der Waals surface area contributed by atoms with Crippen LogP contribution in [0.1, 0.15) is 15.9 Å². The van der Waals surface area contributed by atoms with Gasteiger partial charge in [-0.25, -0.2) is 0 Å². The van der Waals surface area contributed by atoms with Crippen LogP contribution in [-0.4, -0.2) is 77.9 Å². The molecule has 9 nitrogen and oxygen atoms in total. The van der Waals surface area contributed by atoms with E-state index in [-0.39, 0.29) is 25.2 Å². The number of ether oxygens (including phenoxy) is 2. The largest absolute Gasteiger partial charge is 0.454 e. The van der Waals surface area contributed by atoms with Crippen molar-refractivity contribution in [2.24, 2.45) is 0 Å². The number of anilines is 1. The number of hydrogen-bond acceptors (Lipinski definition) is 7. The van der Waals surface area contributed by atoms with Crippen LogP contribution in [-0.2, 0) is 11.2 Å². The van der Waals surface area contributed by atoms with E-state index in [2.05, 4.69) is 15.1 Å². The third-order valence-corrected chi connectivity index (χ3v) is 7.42. The van der Waals surface area contributed by atoms with Gasteiger partial charge in [0.15, 0.2) is 17.3 Å². The number of hydrogen-bond donors (Lipinski definition) is 0. The summed E-state index contributed by atoms with van der Waals surface area (Å²) in [6, 6.07) is 29.0. The van der Waals surface area contributed by atoms with Crippen LogP contribution in [0.4, 0.5) is 5.82 Å². The molecule has 2 amide bonds. The lowest BCUT2D eigenvalue weighted by molar-refractivity contribution is -0.132. The number of aromatic nitrogens is 2. The molecule has 0 saturated carbocycles. The molecule has 0 unspecified atom stereocenters. The van der Waals surface area contributed by atoms with Gasteiger partial charge in [-0.05, 0) is 42.3 Å². The van der Waals surface area contributed by atoms with Gasteiger partial charge in [0.25, 0.3) is 5.91 Å². The van der Waals surface area contributed by atoms with E-state index in [0.29, 0.717) is 56.2 Å². The van der Waals surface area contributed by atoms with Crippen molar-refractivity contribution >= 4 is 17.6 Å². The SMILES string of the molecule is O=C(CN(CCc1ccccc1)C(=O)c1ccc2c(c1)OCO2)N1CCN(c2ccc(-c3ccccc3)nn2)CC1. The number of rotatable bonds is 8. The second-order valence-electron chi connectivity index (χ2n) is 10.0. The standard InChI is InChI=1S/C32H31N5O4/c38-31(36-19-17-35(18-20-36)30-14-12-27(33-34-30)25-9-5-2-6-10-25)22-37(16-15-24-7-3-1-4-8-24)32(39)26-11-13-28-29(21-26)41-23-40-28/h1-14,21H,15-20,22-23H2. The summed E-state index contributed by atoms with van der Waals surface area (Å²) in [5, 5.41) is 8.83. The van der Waals surface area contributed by atoms with E-state index in [0.717, 1.165) is 22.6 Å². The fraction of sp³-hybridized carbons (Fsp3) is 0.250. The number of nitrogens with zero attached hydrogens (tertiary/aromatic N) is 5. The fourth-order valence-electron chi connectivity index (χ4n) is 5.08. The highest BCUT2D eigenvalue weighted by molar-refractivity contribution is 5.97. The zero-order chi connectivity index (χ0) is 28.0. The molecule has 2 aliphatic heterocycles. The van der Waals surface area contributed by atoms with Crippen LogP contribution in [0.15, 0.2) is 91.0 Å². The molecule has 4 aromatic rings. The highest BCUT2D eigenvalue weighted by atomic mass is 16.7. The topological polar surface area (TPSA) is 88.1 Å². The number of amides is 2.